The Bertz CT molecular complexity index is 1070. The molecule has 3 rings (SSSR count). The Labute approximate surface area is 159 Å². The van der Waals surface area contributed by atoms with Crippen molar-refractivity contribution in [3.63, 3.8) is 0 Å². The molecule has 10 heteroatoms. The van der Waals surface area contributed by atoms with Gasteiger partial charge in [0.1, 0.15) is 10.5 Å². The summed E-state index contributed by atoms with van der Waals surface area (Å²) in [4.78, 5) is 35.9. The molecule has 1 aliphatic rings. The molecule has 0 radical (unpaired) electrons. The number of nitrogens with zero attached hydrogens (tertiary/aromatic N) is 1. The molecule has 1 heterocycles. The van der Waals surface area contributed by atoms with Gasteiger partial charge >= 0.3 is 5.97 Å². The third-order valence-corrected chi connectivity index (χ3v) is 5.83. The molecule has 0 spiro atoms. The topological polar surface area (TPSA) is 110 Å². The van der Waals surface area contributed by atoms with Crippen molar-refractivity contribution in [2.45, 2.75) is 11.8 Å². The van der Waals surface area contributed by atoms with E-state index in [0.29, 0.717) is 4.31 Å². The Morgan fingerprint density at radius 1 is 1.15 bits per heavy atom. The number of ether oxygens (including phenoxy) is 1. The predicted molar refractivity (Wildman–Crippen MR) is 95.8 cm³/mol. The van der Waals surface area contributed by atoms with Crippen LogP contribution in [0.25, 0.3) is 0 Å². The zero-order valence-electron chi connectivity index (χ0n) is 13.9. The number of hydrogen-bond donors (Lipinski definition) is 1. The molecule has 2 aromatic carbocycles. The van der Waals surface area contributed by atoms with E-state index in [1.165, 1.54) is 49.4 Å². The summed E-state index contributed by atoms with van der Waals surface area (Å²) in [6, 6.07) is 10.1. The van der Waals surface area contributed by atoms with Gasteiger partial charge in [-0.3, -0.25) is 9.59 Å². The van der Waals surface area contributed by atoms with E-state index in [9.17, 15) is 22.8 Å². The van der Waals surface area contributed by atoms with Gasteiger partial charge in [-0.25, -0.2) is 13.2 Å². The minimum atomic E-state index is -4.11. The highest BCUT2D eigenvalue weighted by Crippen LogP contribution is 2.30. The van der Waals surface area contributed by atoms with Crippen LogP contribution in [0.3, 0.4) is 0 Å². The van der Waals surface area contributed by atoms with Crippen molar-refractivity contribution in [1.82, 2.24) is 4.31 Å². The van der Waals surface area contributed by atoms with Crippen LogP contribution >= 0.6 is 11.6 Å². The van der Waals surface area contributed by atoms with Gasteiger partial charge in [-0.1, -0.05) is 29.8 Å². The molecule has 0 unspecified atom stereocenters. The van der Waals surface area contributed by atoms with Crippen molar-refractivity contribution in [3.05, 3.63) is 58.6 Å². The highest BCUT2D eigenvalue weighted by Gasteiger charge is 2.41. The first kappa shape index (κ1) is 18.9. The average Bonchev–Trinajstić information content (AvgIpc) is 2.79. The van der Waals surface area contributed by atoms with Crippen LogP contribution in [-0.4, -0.2) is 37.2 Å². The molecule has 0 saturated carbocycles. The number of fused-ring (bicyclic) bond motifs is 1. The molecule has 8 nitrogen and oxygen atoms in total. The van der Waals surface area contributed by atoms with E-state index in [2.05, 4.69) is 5.32 Å². The molecule has 0 fully saturated rings. The van der Waals surface area contributed by atoms with Gasteiger partial charge in [0.25, 0.3) is 15.9 Å². The van der Waals surface area contributed by atoms with E-state index >= 15 is 0 Å². The van der Waals surface area contributed by atoms with Crippen molar-refractivity contribution in [3.8, 4) is 0 Å². The highest BCUT2D eigenvalue weighted by molar-refractivity contribution is 7.90. The van der Waals surface area contributed by atoms with Crippen molar-refractivity contribution in [2.24, 2.45) is 0 Å². The number of benzene rings is 2. The zero-order valence-corrected chi connectivity index (χ0v) is 15.5. The number of sulfonamides is 1. The molecule has 27 heavy (non-hydrogen) atoms. The van der Waals surface area contributed by atoms with Crippen molar-refractivity contribution in [2.75, 3.05) is 12.0 Å². The first-order valence-corrected chi connectivity index (χ1v) is 9.44. The quantitative estimate of drug-likeness (QED) is 0.777. The standard InChI is InChI=1S/C17H13ClN2O6S/c1-10(21)19-13-7-4-6-12(18)15(13)17(23)26-9-20-16(22)11-5-2-3-8-14(11)27(20,24)25/h2-8H,9H2,1H3,(H,19,21). The molecule has 0 bridgehead atoms. The maximum absolute atomic E-state index is 12.5. The summed E-state index contributed by atoms with van der Waals surface area (Å²) in [5.74, 6) is -2.21. The molecule has 0 atom stereocenters. The summed E-state index contributed by atoms with van der Waals surface area (Å²) in [5, 5.41) is 2.44. The van der Waals surface area contributed by atoms with Gasteiger partial charge in [-0.2, -0.15) is 4.31 Å². The first-order chi connectivity index (χ1) is 12.7. The fourth-order valence-electron chi connectivity index (χ4n) is 2.57. The smallest absolute Gasteiger partial charge is 0.343 e. The summed E-state index contributed by atoms with van der Waals surface area (Å²) in [5.41, 5.74) is -0.0277. The molecule has 140 valence electrons. The van der Waals surface area contributed by atoms with Crippen LogP contribution in [0.4, 0.5) is 5.69 Å². The average molecular weight is 409 g/mol. The summed E-state index contributed by atoms with van der Waals surface area (Å²) in [6.07, 6.45) is 0. The third-order valence-electron chi connectivity index (χ3n) is 3.75. The van der Waals surface area contributed by atoms with Crippen LogP contribution in [0.1, 0.15) is 27.6 Å². The number of halogens is 1. The van der Waals surface area contributed by atoms with Gasteiger partial charge in [0.2, 0.25) is 5.91 Å². The molecule has 2 aromatic rings. The molecule has 1 N–H and O–H groups in total. The Morgan fingerprint density at radius 3 is 2.52 bits per heavy atom. The van der Waals surface area contributed by atoms with Gasteiger partial charge in [-0.05, 0) is 24.3 Å². The molecular formula is C17H13ClN2O6S. The van der Waals surface area contributed by atoms with Crippen LogP contribution in [-0.2, 0) is 19.6 Å². The highest BCUT2D eigenvalue weighted by atomic mass is 35.5. The number of carbonyl (C=O) groups is 3. The largest absolute Gasteiger partial charge is 0.439 e. The van der Waals surface area contributed by atoms with E-state index in [0.717, 1.165) is 0 Å². The van der Waals surface area contributed by atoms with Gasteiger partial charge in [0.15, 0.2) is 6.73 Å². The van der Waals surface area contributed by atoms with Crippen LogP contribution in [0.5, 0.6) is 0 Å². The van der Waals surface area contributed by atoms with Crippen LogP contribution in [0, 0.1) is 0 Å². The van der Waals surface area contributed by atoms with E-state index in [1.807, 2.05) is 0 Å². The number of esters is 1. The maximum atomic E-state index is 12.5. The second kappa shape index (κ2) is 7.01. The second-order valence-corrected chi connectivity index (χ2v) is 7.80. The maximum Gasteiger partial charge on any atom is 0.343 e. The van der Waals surface area contributed by atoms with Gasteiger partial charge in [0, 0.05) is 6.92 Å². The number of amides is 2. The lowest BCUT2D eigenvalue weighted by molar-refractivity contribution is -0.114. The van der Waals surface area contributed by atoms with Crippen LogP contribution in [0.2, 0.25) is 5.02 Å². The Morgan fingerprint density at radius 2 is 1.85 bits per heavy atom. The van der Waals surface area contributed by atoms with E-state index in [1.54, 1.807) is 0 Å². The van der Waals surface area contributed by atoms with Crippen molar-refractivity contribution < 1.29 is 27.5 Å². The lowest BCUT2D eigenvalue weighted by Crippen LogP contribution is -2.33. The predicted octanol–water partition coefficient (Wildman–Crippen LogP) is 2.26. The first-order valence-electron chi connectivity index (χ1n) is 7.63. The van der Waals surface area contributed by atoms with Gasteiger partial charge < -0.3 is 10.1 Å². The number of anilines is 1. The summed E-state index contributed by atoms with van der Waals surface area (Å²) >= 11 is 6.01. The summed E-state index contributed by atoms with van der Waals surface area (Å²) in [6.45, 7) is 0.433. The fourth-order valence-corrected chi connectivity index (χ4v) is 4.25. The summed E-state index contributed by atoms with van der Waals surface area (Å²) < 4.78 is 30.4. The third kappa shape index (κ3) is 3.38. The SMILES string of the molecule is CC(=O)Nc1cccc(Cl)c1C(=O)OCN1C(=O)c2ccccc2S1(=O)=O. The van der Waals surface area contributed by atoms with E-state index in [-0.39, 0.29) is 26.7 Å². The molecule has 0 aromatic heterocycles. The number of rotatable bonds is 4. The Hall–Kier alpha value is -2.91. The fraction of sp³-hybridized carbons (Fsp3) is 0.118. The Kier molecular flexibility index (Phi) is 4.90. The Balaban J connectivity index is 1.84. The number of hydrogen-bond acceptors (Lipinski definition) is 6. The minimum absolute atomic E-state index is 0.00476. The van der Waals surface area contributed by atoms with Crippen LogP contribution < -0.4 is 5.32 Å². The molecule has 0 aliphatic carbocycles. The molecule has 0 saturated heterocycles. The van der Waals surface area contributed by atoms with E-state index < -0.39 is 34.5 Å². The molecule has 2 amide bonds. The zero-order chi connectivity index (χ0) is 19.8. The molecule has 1 aliphatic heterocycles. The van der Waals surface area contributed by atoms with Crippen molar-refractivity contribution >= 4 is 45.1 Å². The molecular weight excluding hydrogens is 396 g/mol. The lowest BCUT2D eigenvalue weighted by atomic mass is 10.1. The van der Waals surface area contributed by atoms with E-state index in [4.69, 9.17) is 16.3 Å². The second-order valence-electron chi connectivity index (χ2n) is 5.56. The van der Waals surface area contributed by atoms with Gasteiger partial charge in [-0.15, -0.1) is 0 Å². The van der Waals surface area contributed by atoms with Crippen LogP contribution in [0.15, 0.2) is 47.4 Å². The monoisotopic (exact) mass is 408 g/mol. The summed E-state index contributed by atoms with van der Waals surface area (Å²) in [7, 11) is -4.11. The van der Waals surface area contributed by atoms with Gasteiger partial charge in [0.05, 0.1) is 16.3 Å². The lowest BCUT2D eigenvalue weighted by Gasteiger charge is -2.16. The number of carbonyl (C=O) groups excluding carboxylic acids is 3. The van der Waals surface area contributed by atoms with Crippen molar-refractivity contribution in [1.29, 1.82) is 0 Å². The minimum Gasteiger partial charge on any atom is -0.439 e. The normalized spacial score (nSPS) is 14.6. The number of nitrogens with one attached hydrogen (secondary N) is 1.